The van der Waals surface area contributed by atoms with E-state index in [1.165, 1.54) is 0 Å². The second-order valence-corrected chi connectivity index (χ2v) is 5.23. The predicted octanol–water partition coefficient (Wildman–Crippen LogP) is 3.20. The normalized spacial score (nSPS) is 17.9. The van der Waals surface area contributed by atoms with Crippen LogP contribution >= 0.6 is 11.6 Å². The standard InChI is InChI=1S/C13H14ClNO/c1-8-6-10-11(15-8)3-2-9(12(10)14)7-13(16)4-5-13/h2-3,6,15-16H,4-5,7H2,1H3. The van der Waals surface area contributed by atoms with Crippen LogP contribution in [0.15, 0.2) is 18.2 Å². The first kappa shape index (κ1) is 10.2. The molecule has 1 saturated carbocycles. The van der Waals surface area contributed by atoms with Crippen molar-refractivity contribution < 1.29 is 5.11 Å². The maximum absolute atomic E-state index is 9.92. The Morgan fingerprint density at radius 2 is 2.19 bits per heavy atom. The molecule has 2 N–H and O–H groups in total. The predicted molar refractivity (Wildman–Crippen MR) is 65.9 cm³/mol. The third-order valence-corrected chi connectivity index (χ3v) is 3.75. The molecule has 3 rings (SSSR count). The van der Waals surface area contributed by atoms with Crippen LogP contribution in [-0.4, -0.2) is 15.7 Å². The molecular weight excluding hydrogens is 222 g/mol. The van der Waals surface area contributed by atoms with Gasteiger partial charge in [0.25, 0.3) is 0 Å². The molecule has 1 aliphatic carbocycles. The number of halogens is 1. The zero-order valence-electron chi connectivity index (χ0n) is 9.18. The molecule has 1 aromatic carbocycles. The molecule has 1 heterocycles. The maximum atomic E-state index is 9.92. The summed E-state index contributed by atoms with van der Waals surface area (Å²) in [7, 11) is 0. The monoisotopic (exact) mass is 235 g/mol. The van der Waals surface area contributed by atoms with Crippen LogP contribution in [0.3, 0.4) is 0 Å². The summed E-state index contributed by atoms with van der Waals surface area (Å²) >= 11 is 6.36. The number of benzene rings is 1. The smallest absolute Gasteiger partial charge is 0.0690 e. The minimum absolute atomic E-state index is 0.483. The van der Waals surface area contributed by atoms with Gasteiger partial charge < -0.3 is 10.1 Å². The second-order valence-electron chi connectivity index (χ2n) is 4.85. The lowest BCUT2D eigenvalue weighted by atomic mass is 10.0. The van der Waals surface area contributed by atoms with E-state index in [0.717, 1.165) is 40.0 Å². The van der Waals surface area contributed by atoms with Gasteiger partial charge in [-0.05, 0) is 37.5 Å². The molecule has 0 spiro atoms. The Kier molecular flexibility index (Phi) is 2.07. The molecule has 1 aromatic heterocycles. The Balaban J connectivity index is 2.08. The van der Waals surface area contributed by atoms with E-state index >= 15 is 0 Å². The number of hydrogen-bond donors (Lipinski definition) is 2. The van der Waals surface area contributed by atoms with Gasteiger partial charge in [-0.1, -0.05) is 17.7 Å². The van der Waals surface area contributed by atoms with Gasteiger partial charge in [0.2, 0.25) is 0 Å². The van der Waals surface area contributed by atoms with E-state index in [4.69, 9.17) is 11.6 Å². The zero-order valence-corrected chi connectivity index (χ0v) is 9.93. The highest BCUT2D eigenvalue weighted by Gasteiger charge is 2.40. The van der Waals surface area contributed by atoms with Gasteiger partial charge in [-0.15, -0.1) is 0 Å². The first-order valence-electron chi connectivity index (χ1n) is 5.56. The average Bonchev–Trinajstić information content (AvgIpc) is 2.81. The Bertz CT molecular complexity index is 554. The van der Waals surface area contributed by atoms with Crippen LogP contribution < -0.4 is 0 Å². The van der Waals surface area contributed by atoms with Crippen molar-refractivity contribution in [1.82, 2.24) is 4.98 Å². The molecule has 1 fully saturated rings. The minimum Gasteiger partial charge on any atom is -0.390 e. The molecule has 84 valence electrons. The van der Waals surface area contributed by atoms with Gasteiger partial charge >= 0.3 is 0 Å². The molecule has 0 radical (unpaired) electrons. The topological polar surface area (TPSA) is 36.0 Å². The summed E-state index contributed by atoms with van der Waals surface area (Å²) in [5.41, 5.74) is 2.74. The van der Waals surface area contributed by atoms with Crippen LogP contribution in [0.2, 0.25) is 5.02 Å². The lowest BCUT2D eigenvalue weighted by Crippen LogP contribution is -2.10. The van der Waals surface area contributed by atoms with Crippen LogP contribution in [0.4, 0.5) is 0 Å². The van der Waals surface area contributed by atoms with Crippen LogP contribution in [0.5, 0.6) is 0 Å². The summed E-state index contributed by atoms with van der Waals surface area (Å²) in [4.78, 5) is 3.26. The molecule has 2 aromatic rings. The van der Waals surface area contributed by atoms with Crippen LogP contribution in [0, 0.1) is 6.92 Å². The van der Waals surface area contributed by atoms with Crippen molar-refractivity contribution in [3.63, 3.8) is 0 Å². The fourth-order valence-corrected chi connectivity index (χ4v) is 2.45. The first-order valence-corrected chi connectivity index (χ1v) is 5.94. The Labute approximate surface area is 99.2 Å². The van der Waals surface area contributed by atoms with E-state index in [1.54, 1.807) is 0 Å². The number of nitrogens with one attached hydrogen (secondary N) is 1. The fraction of sp³-hybridized carbons (Fsp3) is 0.385. The lowest BCUT2D eigenvalue weighted by molar-refractivity contribution is 0.151. The number of fused-ring (bicyclic) bond motifs is 1. The number of aromatic nitrogens is 1. The zero-order chi connectivity index (χ0) is 11.3. The summed E-state index contributed by atoms with van der Waals surface area (Å²) in [6.07, 6.45) is 2.47. The molecule has 3 heteroatoms. The number of H-pyrrole nitrogens is 1. The quantitative estimate of drug-likeness (QED) is 0.824. The summed E-state index contributed by atoms with van der Waals surface area (Å²) < 4.78 is 0. The van der Waals surface area contributed by atoms with Gasteiger partial charge in [-0.2, -0.15) is 0 Å². The van der Waals surface area contributed by atoms with Crippen LogP contribution in [0.25, 0.3) is 10.9 Å². The van der Waals surface area contributed by atoms with E-state index in [1.807, 2.05) is 19.1 Å². The highest BCUT2D eigenvalue weighted by molar-refractivity contribution is 6.36. The third-order valence-electron chi connectivity index (χ3n) is 3.30. The van der Waals surface area contributed by atoms with Crippen molar-refractivity contribution in [3.8, 4) is 0 Å². The largest absolute Gasteiger partial charge is 0.390 e. The number of hydrogen-bond acceptors (Lipinski definition) is 1. The molecule has 0 saturated heterocycles. The molecule has 0 atom stereocenters. The number of aliphatic hydroxyl groups is 1. The molecule has 1 aliphatic rings. The summed E-state index contributed by atoms with van der Waals surface area (Å²) in [5, 5.41) is 11.8. The average molecular weight is 236 g/mol. The number of rotatable bonds is 2. The van der Waals surface area contributed by atoms with E-state index in [9.17, 15) is 5.11 Å². The highest BCUT2D eigenvalue weighted by Crippen LogP contribution is 2.40. The lowest BCUT2D eigenvalue weighted by Gasteiger charge is -2.09. The summed E-state index contributed by atoms with van der Waals surface area (Å²) in [6.45, 7) is 2.02. The van der Waals surface area contributed by atoms with E-state index in [2.05, 4.69) is 11.1 Å². The third kappa shape index (κ3) is 1.62. The number of aryl methyl sites for hydroxylation is 1. The van der Waals surface area contributed by atoms with Crippen molar-refractivity contribution in [3.05, 3.63) is 34.5 Å². The minimum atomic E-state index is -0.483. The van der Waals surface area contributed by atoms with Crippen molar-refractivity contribution >= 4 is 22.5 Å². The highest BCUT2D eigenvalue weighted by atomic mass is 35.5. The second kappa shape index (κ2) is 3.25. The molecule has 0 aliphatic heterocycles. The van der Waals surface area contributed by atoms with Crippen LogP contribution in [-0.2, 0) is 6.42 Å². The Morgan fingerprint density at radius 3 is 2.88 bits per heavy atom. The van der Waals surface area contributed by atoms with Crippen LogP contribution in [0.1, 0.15) is 24.1 Å². The Hall–Kier alpha value is -0.990. The maximum Gasteiger partial charge on any atom is 0.0690 e. The molecule has 0 bridgehead atoms. The van der Waals surface area contributed by atoms with Gasteiger partial charge in [0.1, 0.15) is 0 Å². The molecule has 16 heavy (non-hydrogen) atoms. The van der Waals surface area contributed by atoms with E-state index in [0.29, 0.717) is 6.42 Å². The molecule has 0 amide bonds. The molecular formula is C13H14ClNO. The number of aromatic amines is 1. The van der Waals surface area contributed by atoms with Gasteiger partial charge in [0.05, 0.1) is 10.6 Å². The van der Waals surface area contributed by atoms with Crippen molar-refractivity contribution in [1.29, 1.82) is 0 Å². The molecule has 0 unspecified atom stereocenters. The van der Waals surface area contributed by atoms with Gasteiger partial charge in [-0.3, -0.25) is 0 Å². The van der Waals surface area contributed by atoms with Gasteiger partial charge in [0, 0.05) is 23.0 Å². The van der Waals surface area contributed by atoms with Gasteiger partial charge in [-0.25, -0.2) is 0 Å². The van der Waals surface area contributed by atoms with Crippen molar-refractivity contribution in [2.75, 3.05) is 0 Å². The van der Waals surface area contributed by atoms with Crippen molar-refractivity contribution in [2.45, 2.75) is 31.8 Å². The van der Waals surface area contributed by atoms with Crippen molar-refractivity contribution in [2.24, 2.45) is 0 Å². The summed E-state index contributed by atoms with van der Waals surface area (Å²) in [6, 6.07) is 6.10. The summed E-state index contributed by atoms with van der Waals surface area (Å²) in [5.74, 6) is 0. The fourth-order valence-electron chi connectivity index (χ4n) is 2.17. The van der Waals surface area contributed by atoms with E-state index in [-0.39, 0.29) is 0 Å². The van der Waals surface area contributed by atoms with Gasteiger partial charge in [0.15, 0.2) is 0 Å². The van der Waals surface area contributed by atoms with E-state index < -0.39 is 5.60 Å². The SMILES string of the molecule is Cc1cc2c(Cl)c(CC3(O)CC3)ccc2[nH]1. The first-order chi connectivity index (χ1) is 7.57. The molecule has 2 nitrogen and oxygen atoms in total. The Morgan fingerprint density at radius 1 is 1.44 bits per heavy atom.